The van der Waals surface area contributed by atoms with Gasteiger partial charge in [-0.05, 0) is 15.9 Å². The summed E-state index contributed by atoms with van der Waals surface area (Å²) in [5.74, 6) is 0. The van der Waals surface area contributed by atoms with Crippen LogP contribution in [0.4, 0.5) is 0 Å². The van der Waals surface area contributed by atoms with Gasteiger partial charge in [0.1, 0.15) is 4.28 Å². The molecule has 0 heterocycles. The van der Waals surface area contributed by atoms with Gasteiger partial charge in [-0.2, -0.15) is 8.42 Å². The van der Waals surface area contributed by atoms with Crippen LogP contribution in [0.1, 0.15) is 0 Å². The molecule has 0 amide bonds. The van der Waals surface area contributed by atoms with Crippen LogP contribution in [0.15, 0.2) is 0 Å². The standard InChI is InChI=1S/CHBrO2S/c2-1-5(3)4/h1H. The molecule has 0 aliphatic carbocycles. The summed E-state index contributed by atoms with van der Waals surface area (Å²) in [6, 6.07) is 0. The minimum absolute atomic E-state index is 0.896. The Bertz CT molecular complexity index is 113. The minimum Gasteiger partial charge on any atom is -0.184 e. The summed E-state index contributed by atoms with van der Waals surface area (Å²) in [6.45, 7) is 0. The molecule has 30 valence electrons. The average Bonchev–Trinajstić information content (AvgIpc) is 1.38. The first kappa shape index (κ1) is 5.17. The Labute approximate surface area is 39.5 Å². The molecule has 5 heavy (non-hydrogen) atoms. The van der Waals surface area contributed by atoms with Crippen molar-refractivity contribution in [2.75, 3.05) is 0 Å². The topological polar surface area (TPSA) is 34.1 Å². The van der Waals surface area contributed by atoms with E-state index in [1.807, 2.05) is 0 Å². The molecule has 0 aromatic rings. The van der Waals surface area contributed by atoms with Crippen LogP contribution in [0.3, 0.4) is 0 Å². The zero-order valence-electron chi connectivity index (χ0n) is 2.18. The van der Waals surface area contributed by atoms with Gasteiger partial charge >= 0.3 is 0 Å². The number of halogens is 1. The molecule has 0 unspecified atom stereocenters. The van der Waals surface area contributed by atoms with Gasteiger partial charge < -0.3 is 0 Å². The van der Waals surface area contributed by atoms with Crippen LogP contribution in [-0.2, 0) is 10.3 Å². The molecule has 4 heteroatoms. The van der Waals surface area contributed by atoms with Crippen LogP contribution >= 0.6 is 15.9 Å². The second kappa shape index (κ2) is 2.41. The van der Waals surface area contributed by atoms with E-state index in [1.54, 1.807) is 0 Å². The summed E-state index contributed by atoms with van der Waals surface area (Å²) < 4.78 is 19.4. The first-order valence-corrected chi connectivity index (χ1v) is 2.84. The highest BCUT2D eigenvalue weighted by atomic mass is 79.9. The Morgan fingerprint density at radius 1 is 1.60 bits per heavy atom. The molecule has 0 aliphatic rings. The lowest BCUT2D eigenvalue weighted by molar-refractivity contribution is 0.627. The van der Waals surface area contributed by atoms with Crippen LogP contribution < -0.4 is 0 Å². The Morgan fingerprint density at radius 2 is 1.80 bits per heavy atom. The molecular weight excluding hydrogens is 156 g/mol. The van der Waals surface area contributed by atoms with Crippen molar-refractivity contribution >= 4 is 30.5 Å². The van der Waals surface area contributed by atoms with Crippen LogP contribution in [0, 0.1) is 0 Å². The van der Waals surface area contributed by atoms with E-state index in [0.29, 0.717) is 0 Å². The van der Waals surface area contributed by atoms with Gasteiger partial charge in [0.25, 0.3) is 0 Å². The van der Waals surface area contributed by atoms with Crippen molar-refractivity contribution in [3.63, 3.8) is 0 Å². The summed E-state index contributed by atoms with van der Waals surface area (Å²) in [5, 5.41) is 0. The molecular formula is CHBrO2S. The third kappa shape index (κ3) is 4.17. The third-order valence-electron chi connectivity index (χ3n) is 0.0727. The van der Waals surface area contributed by atoms with Gasteiger partial charge in [-0.1, -0.05) is 0 Å². The zero-order chi connectivity index (χ0) is 4.28. The van der Waals surface area contributed by atoms with E-state index in [-0.39, 0.29) is 0 Å². The summed E-state index contributed by atoms with van der Waals surface area (Å²) in [6.07, 6.45) is 0. The molecule has 0 N–H and O–H groups in total. The molecule has 0 fully saturated rings. The van der Waals surface area contributed by atoms with E-state index in [1.165, 1.54) is 0 Å². The fourth-order valence-electron chi connectivity index (χ4n) is 0. The summed E-state index contributed by atoms with van der Waals surface area (Å²) in [4.78, 5) is 0. The molecule has 0 aromatic heterocycles. The predicted octanol–water partition coefficient (Wildman–Crippen LogP) is 0.0201. The Hall–Kier alpha value is 0.170. The molecule has 0 aromatic carbocycles. The van der Waals surface area contributed by atoms with E-state index >= 15 is 0 Å². The van der Waals surface area contributed by atoms with E-state index < -0.39 is 10.3 Å². The molecule has 0 rings (SSSR count). The summed E-state index contributed by atoms with van der Waals surface area (Å²) in [5.41, 5.74) is 0. The largest absolute Gasteiger partial charge is 0.221 e. The molecule has 0 saturated heterocycles. The maximum atomic E-state index is 9.27. The quantitative estimate of drug-likeness (QED) is 0.367. The van der Waals surface area contributed by atoms with Gasteiger partial charge in [-0.25, -0.2) is 0 Å². The van der Waals surface area contributed by atoms with Gasteiger partial charge in [-0.15, -0.1) is 0 Å². The molecule has 0 atom stereocenters. The maximum absolute atomic E-state index is 9.27. The molecule has 0 aliphatic heterocycles. The van der Waals surface area contributed by atoms with Crippen molar-refractivity contribution in [2.45, 2.75) is 0 Å². The maximum Gasteiger partial charge on any atom is 0.221 e. The van der Waals surface area contributed by atoms with Crippen molar-refractivity contribution in [3.05, 3.63) is 0 Å². The van der Waals surface area contributed by atoms with Crippen molar-refractivity contribution < 1.29 is 8.42 Å². The Balaban J connectivity index is 4.25. The lowest BCUT2D eigenvalue weighted by Gasteiger charge is -1.35. The third-order valence-corrected chi connectivity index (χ3v) is 1.13. The molecule has 0 saturated carbocycles. The number of hydrogen-bond donors (Lipinski definition) is 0. The monoisotopic (exact) mass is 156 g/mol. The van der Waals surface area contributed by atoms with E-state index in [9.17, 15) is 8.42 Å². The van der Waals surface area contributed by atoms with E-state index in [4.69, 9.17) is 0 Å². The second-order valence-electron chi connectivity index (χ2n) is 0.350. The van der Waals surface area contributed by atoms with Crippen LogP contribution in [0.5, 0.6) is 0 Å². The molecule has 0 spiro atoms. The van der Waals surface area contributed by atoms with Crippen molar-refractivity contribution in [1.29, 1.82) is 0 Å². The predicted molar refractivity (Wildman–Crippen MR) is 23.9 cm³/mol. The van der Waals surface area contributed by atoms with Crippen LogP contribution in [-0.4, -0.2) is 12.7 Å². The minimum atomic E-state index is -2.03. The lowest BCUT2D eigenvalue weighted by atomic mass is 12.0. The normalized spacial score (nSPS) is 6.60. The van der Waals surface area contributed by atoms with Crippen LogP contribution in [0.2, 0.25) is 0 Å². The molecule has 2 nitrogen and oxygen atoms in total. The van der Waals surface area contributed by atoms with Gasteiger partial charge in [-0.3, -0.25) is 0 Å². The van der Waals surface area contributed by atoms with E-state index in [2.05, 4.69) is 15.9 Å². The van der Waals surface area contributed by atoms with Crippen LogP contribution in [0.25, 0.3) is 0 Å². The second-order valence-corrected chi connectivity index (χ2v) is 2.17. The van der Waals surface area contributed by atoms with Crippen molar-refractivity contribution in [3.8, 4) is 0 Å². The summed E-state index contributed by atoms with van der Waals surface area (Å²) in [7, 11) is -2.03. The van der Waals surface area contributed by atoms with Gasteiger partial charge in [0.05, 0.1) is 0 Å². The number of hydrogen-bond acceptors (Lipinski definition) is 2. The highest BCUT2D eigenvalue weighted by Gasteiger charge is 1.49. The first-order valence-electron chi connectivity index (χ1n) is 0.787. The smallest absolute Gasteiger partial charge is 0.184 e. The molecule has 0 bridgehead atoms. The van der Waals surface area contributed by atoms with Crippen molar-refractivity contribution in [1.82, 2.24) is 0 Å². The van der Waals surface area contributed by atoms with Crippen molar-refractivity contribution in [2.24, 2.45) is 0 Å². The van der Waals surface area contributed by atoms with Gasteiger partial charge in [0.2, 0.25) is 10.3 Å². The molecule has 0 radical (unpaired) electrons. The van der Waals surface area contributed by atoms with E-state index in [0.717, 1.165) is 4.28 Å². The van der Waals surface area contributed by atoms with Gasteiger partial charge in [0.15, 0.2) is 0 Å². The first-order chi connectivity index (χ1) is 2.27. The Kier molecular flexibility index (Phi) is 2.49. The number of rotatable bonds is 0. The highest BCUT2D eigenvalue weighted by Crippen LogP contribution is 1.57. The average molecular weight is 157 g/mol. The fourth-order valence-corrected chi connectivity index (χ4v) is 0. The fraction of sp³-hybridized carbons (Fsp3) is 0. The summed E-state index contributed by atoms with van der Waals surface area (Å²) >= 11 is 2.58. The lowest BCUT2D eigenvalue weighted by Crippen LogP contribution is -1.49. The zero-order valence-corrected chi connectivity index (χ0v) is 4.58. The SMILES string of the molecule is O=S(=O)=CBr. The van der Waals surface area contributed by atoms with Gasteiger partial charge in [0, 0.05) is 0 Å². The Morgan fingerprint density at radius 3 is 1.80 bits per heavy atom. The highest BCUT2D eigenvalue weighted by molar-refractivity contribution is 9.18.